The molecule has 5 heterocycles. The van der Waals surface area contributed by atoms with E-state index < -0.39 is 0 Å². The molecule has 0 unspecified atom stereocenters. The smallest absolute Gasteiger partial charge is 0.291 e. The van der Waals surface area contributed by atoms with Crippen molar-refractivity contribution < 1.29 is 9.53 Å². The molecule has 0 aromatic carbocycles. The van der Waals surface area contributed by atoms with Crippen molar-refractivity contribution >= 4 is 34.0 Å². The summed E-state index contributed by atoms with van der Waals surface area (Å²) in [4.78, 5) is 33.2. The van der Waals surface area contributed by atoms with E-state index in [2.05, 4.69) is 33.7 Å². The number of fused-ring (bicyclic) bond motifs is 1. The minimum Gasteiger partial charge on any atom is -0.378 e. The zero-order valence-corrected chi connectivity index (χ0v) is 19.4. The van der Waals surface area contributed by atoms with Gasteiger partial charge in [-0.2, -0.15) is 0 Å². The summed E-state index contributed by atoms with van der Waals surface area (Å²) >= 11 is 1.67. The Morgan fingerprint density at radius 1 is 1.03 bits per heavy atom. The van der Waals surface area contributed by atoms with E-state index >= 15 is 0 Å². The first kappa shape index (κ1) is 21.1. The molecular weight excluding hydrogens is 412 g/mol. The van der Waals surface area contributed by atoms with Gasteiger partial charge in [0.05, 0.1) is 24.1 Å². The quantitative estimate of drug-likeness (QED) is 0.714. The van der Waals surface area contributed by atoms with Gasteiger partial charge in [0.1, 0.15) is 5.82 Å². The van der Waals surface area contributed by atoms with Crippen LogP contribution in [0.4, 0.5) is 5.82 Å². The fourth-order valence-corrected chi connectivity index (χ4v) is 5.76. The highest BCUT2D eigenvalue weighted by Crippen LogP contribution is 2.32. The first-order valence-corrected chi connectivity index (χ1v) is 12.3. The number of amides is 1. The highest BCUT2D eigenvalue weighted by atomic mass is 32.1. The number of hydrogen-bond acceptors (Lipinski definition) is 8. The Hall–Kier alpha value is -1.81. The van der Waals surface area contributed by atoms with Crippen molar-refractivity contribution in [1.29, 1.82) is 0 Å². The lowest BCUT2D eigenvalue weighted by molar-refractivity contribution is 0.0466. The number of anilines is 1. The Morgan fingerprint density at radius 2 is 1.74 bits per heavy atom. The molecule has 0 saturated carbocycles. The van der Waals surface area contributed by atoms with Gasteiger partial charge in [0.25, 0.3) is 5.91 Å². The fraction of sp³-hybridized carbons (Fsp3) is 0.682. The van der Waals surface area contributed by atoms with E-state index in [0.717, 1.165) is 56.0 Å². The number of piperazine rings is 1. The van der Waals surface area contributed by atoms with Crippen molar-refractivity contribution in [3.63, 3.8) is 0 Å². The molecule has 3 aliphatic heterocycles. The van der Waals surface area contributed by atoms with E-state index in [4.69, 9.17) is 9.72 Å². The average Bonchev–Trinajstić information content (AvgIpc) is 3.20. The number of aryl methyl sites for hydroxylation is 1. The summed E-state index contributed by atoms with van der Waals surface area (Å²) in [5, 5.41) is 3.13. The van der Waals surface area contributed by atoms with Crippen LogP contribution < -0.4 is 4.90 Å². The normalized spacial score (nSPS) is 22.4. The van der Waals surface area contributed by atoms with Gasteiger partial charge in [-0.15, -0.1) is 11.3 Å². The van der Waals surface area contributed by atoms with Gasteiger partial charge >= 0.3 is 0 Å². The van der Waals surface area contributed by atoms with E-state index in [0.29, 0.717) is 25.1 Å². The Bertz CT molecular complexity index is 927. The molecule has 2 aromatic rings. The molecule has 5 rings (SSSR count). The van der Waals surface area contributed by atoms with Crippen LogP contribution in [0.25, 0.3) is 10.9 Å². The fourth-order valence-electron chi connectivity index (χ4n) is 4.98. The summed E-state index contributed by atoms with van der Waals surface area (Å²) in [7, 11) is 2.20. The number of rotatable bonds is 3. The van der Waals surface area contributed by atoms with Crippen LogP contribution in [0.3, 0.4) is 0 Å². The standard InChI is InChI=1S/C22H32N6O2S/c1-16-19-18(15-31-16)23-20(24-21(19)27-11-13-30-14-12-27)22(29)28-9-7-26(8-10-28)17-3-5-25(2)6-4-17/h15,17H,3-14H2,1-2H3. The van der Waals surface area contributed by atoms with Crippen LogP contribution in [0.15, 0.2) is 5.38 Å². The number of aromatic nitrogens is 2. The van der Waals surface area contributed by atoms with Gasteiger partial charge in [-0.05, 0) is 39.9 Å². The van der Waals surface area contributed by atoms with E-state index in [1.54, 1.807) is 11.3 Å². The number of thiophene rings is 1. The molecule has 9 heteroatoms. The lowest BCUT2D eigenvalue weighted by Gasteiger charge is -2.42. The highest BCUT2D eigenvalue weighted by Gasteiger charge is 2.30. The molecule has 168 valence electrons. The maximum absolute atomic E-state index is 13.3. The summed E-state index contributed by atoms with van der Waals surface area (Å²) in [6, 6.07) is 0.655. The van der Waals surface area contributed by atoms with Gasteiger partial charge in [-0.3, -0.25) is 9.69 Å². The van der Waals surface area contributed by atoms with Crippen LogP contribution in [0.1, 0.15) is 28.3 Å². The lowest BCUT2D eigenvalue weighted by Crippen LogP contribution is -2.54. The number of ether oxygens (including phenoxy) is 1. The molecule has 0 bridgehead atoms. The van der Waals surface area contributed by atoms with Crippen LogP contribution in [0.5, 0.6) is 0 Å². The largest absolute Gasteiger partial charge is 0.378 e. The molecule has 0 aliphatic carbocycles. The number of morpholine rings is 1. The number of likely N-dealkylation sites (tertiary alicyclic amines) is 1. The average molecular weight is 445 g/mol. The molecule has 0 radical (unpaired) electrons. The minimum atomic E-state index is -0.0386. The molecule has 3 fully saturated rings. The van der Waals surface area contributed by atoms with E-state index in [1.807, 2.05) is 10.3 Å². The highest BCUT2D eigenvalue weighted by molar-refractivity contribution is 7.11. The summed E-state index contributed by atoms with van der Waals surface area (Å²) < 4.78 is 5.52. The van der Waals surface area contributed by atoms with Crippen LogP contribution in [-0.2, 0) is 4.74 Å². The predicted molar refractivity (Wildman–Crippen MR) is 123 cm³/mol. The van der Waals surface area contributed by atoms with Gasteiger partial charge in [0.2, 0.25) is 5.82 Å². The van der Waals surface area contributed by atoms with E-state index in [9.17, 15) is 4.79 Å². The monoisotopic (exact) mass is 444 g/mol. The Labute approximate surface area is 187 Å². The molecule has 31 heavy (non-hydrogen) atoms. The molecular formula is C22H32N6O2S. The second-order valence-corrected chi connectivity index (χ2v) is 9.97. The second-order valence-electron chi connectivity index (χ2n) is 8.88. The van der Waals surface area contributed by atoms with Crippen molar-refractivity contribution in [2.24, 2.45) is 0 Å². The van der Waals surface area contributed by atoms with Gasteiger partial charge in [0.15, 0.2) is 0 Å². The van der Waals surface area contributed by atoms with Crippen molar-refractivity contribution in [2.45, 2.75) is 25.8 Å². The molecule has 0 atom stereocenters. The third-order valence-corrected chi connectivity index (χ3v) is 7.82. The van der Waals surface area contributed by atoms with Crippen molar-refractivity contribution in [3.05, 3.63) is 16.1 Å². The second kappa shape index (κ2) is 8.97. The van der Waals surface area contributed by atoms with E-state index in [1.165, 1.54) is 30.8 Å². The Morgan fingerprint density at radius 3 is 2.45 bits per heavy atom. The maximum Gasteiger partial charge on any atom is 0.291 e. The third kappa shape index (κ3) is 4.28. The van der Waals surface area contributed by atoms with Crippen LogP contribution in [0, 0.1) is 6.92 Å². The first-order chi connectivity index (χ1) is 15.1. The molecule has 3 saturated heterocycles. The lowest BCUT2D eigenvalue weighted by atomic mass is 10.0. The van der Waals surface area contributed by atoms with Crippen molar-refractivity contribution in [3.8, 4) is 0 Å². The van der Waals surface area contributed by atoms with Crippen LogP contribution in [0.2, 0.25) is 0 Å². The van der Waals surface area contributed by atoms with Crippen molar-refractivity contribution in [1.82, 2.24) is 24.7 Å². The number of nitrogens with zero attached hydrogens (tertiary/aromatic N) is 6. The summed E-state index contributed by atoms with van der Waals surface area (Å²) in [6.07, 6.45) is 2.45. The van der Waals surface area contributed by atoms with Gasteiger partial charge in [-0.25, -0.2) is 9.97 Å². The number of carbonyl (C=O) groups excluding carboxylic acids is 1. The van der Waals surface area contributed by atoms with Crippen LogP contribution >= 0.6 is 11.3 Å². The Balaban J connectivity index is 1.32. The zero-order valence-electron chi connectivity index (χ0n) is 18.5. The van der Waals surface area contributed by atoms with E-state index in [-0.39, 0.29) is 5.91 Å². The maximum atomic E-state index is 13.3. The molecule has 1 amide bonds. The summed E-state index contributed by atoms with van der Waals surface area (Å²) in [5.74, 6) is 1.18. The number of piperidine rings is 1. The summed E-state index contributed by atoms with van der Waals surface area (Å²) in [6.45, 7) is 10.8. The minimum absolute atomic E-state index is 0.0386. The number of hydrogen-bond donors (Lipinski definition) is 0. The summed E-state index contributed by atoms with van der Waals surface area (Å²) in [5.41, 5.74) is 0.882. The third-order valence-electron chi connectivity index (χ3n) is 6.93. The van der Waals surface area contributed by atoms with Gasteiger partial charge < -0.3 is 19.4 Å². The number of carbonyl (C=O) groups is 1. The Kier molecular flexibility index (Phi) is 6.10. The zero-order chi connectivity index (χ0) is 21.4. The molecule has 3 aliphatic rings. The molecule has 8 nitrogen and oxygen atoms in total. The van der Waals surface area contributed by atoms with Crippen LogP contribution in [-0.4, -0.2) is 109 Å². The SMILES string of the molecule is Cc1scc2nc(C(=O)N3CCN(C4CCN(C)CC4)CC3)nc(N3CCOCC3)c12. The van der Waals surface area contributed by atoms with Gasteiger partial charge in [0, 0.05) is 55.6 Å². The molecule has 2 aromatic heterocycles. The predicted octanol–water partition coefficient (Wildman–Crippen LogP) is 1.69. The molecule has 0 spiro atoms. The molecule has 0 N–H and O–H groups in total. The van der Waals surface area contributed by atoms with Gasteiger partial charge in [-0.1, -0.05) is 0 Å². The first-order valence-electron chi connectivity index (χ1n) is 11.4. The van der Waals surface area contributed by atoms with Crippen molar-refractivity contribution in [2.75, 3.05) is 77.5 Å². The topological polar surface area (TPSA) is 65.0 Å².